The van der Waals surface area contributed by atoms with Crippen molar-refractivity contribution in [2.45, 2.75) is 33.1 Å². The van der Waals surface area contributed by atoms with E-state index in [1.807, 2.05) is 38.1 Å². The van der Waals surface area contributed by atoms with Gasteiger partial charge in [-0.3, -0.25) is 9.59 Å². The van der Waals surface area contributed by atoms with Gasteiger partial charge in [0, 0.05) is 6.54 Å². The molecule has 0 spiro atoms. The van der Waals surface area contributed by atoms with Crippen LogP contribution in [0.2, 0.25) is 5.02 Å². The molecule has 0 heterocycles. The summed E-state index contributed by atoms with van der Waals surface area (Å²) >= 11 is 5.96. The SMILES string of the molecule is CC(C)OCc1cccc(CNC(=O)CNC(=O)c2ccccc2Cl)c1. The van der Waals surface area contributed by atoms with E-state index in [4.69, 9.17) is 16.3 Å². The zero-order valence-electron chi connectivity index (χ0n) is 14.9. The Morgan fingerprint density at radius 3 is 2.50 bits per heavy atom. The Morgan fingerprint density at radius 2 is 1.77 bits per heavy atom. The highest BCUT2D eigenvalue weighted by atomic mass is 35.5. The van der Waals surface area contributed by atoms with Crippen LogP contribution in [0.25, 0.3) is 0 Å². The highest BCUT2D eigenvalue weighted by Gasteiger charge is 2.10. The number of hydrogen-bond acceptors (Lipinski definition) is 3. The molecule has 2 amide bonds. The second-order valence-corrected chi connectivity index (χ2v) is 6.53. The van der Waals surface area contributed by atoms with Gasteiger partial charge in [-0.05, 0) is 37.1 Å². The van der Waals surface area contributed by atoms with Crippen LogP contribution in [0.15, 0.2) is 48.5 Å². The quantitative estimate of drug-likeness (QED) is 0.744. The van der Waals surface area contributed by atoms with Gasteiger partial charge in [0.15, 0.2) is 0 Å². The van der Waals surface area contributed by atoms with E-state index in [1.165, 1.54) is 0 Å². The highest BCUT2D eigenvalue weighted by molar-refractivity contribution is 6.33. The molecule has 0 aliphatic heterocycles. The van der Waals surface area contributed by atoms with E-state index in [1.54, 1.807) is 24.3 Å². The van der Waals surface area contributed by atoms with Gasteiger partial charge in [0.25, 0.3) is 5.91 Å². The largest absolute Gasteiger partial charge is 0.374 e. The first-order valence-corrected chi connectivity index (χ1v) is 8.82. The lowest BCUT2D eigenvalue weighted by atomic mass is 10.1. The van der Waals surface area contributed by atoms with Gasteiger partial charge in [-0.15, -0.1) is 0 Å². The van der Waals surface area contributed by atoms with Crippen LogP contribution >= 0.6 is 11.6 Å². The predicted molar refractivity (Wildman–Crippen MR) is 102 cm³/mol. The molecule has 0 saturated heterocycles. The van der Waals surface area contributed by atoms with Gasteiger partial charge in [0.1, 0.15) is 0 Å². The molecule has 2 aromatic carbocycles. The maximum atomic E-state index is 12.0. The molecule has 0 bridgehead atoms. The van der Waals surface area contributed by atoms with Crippen LogP contribution in [-0.2, 0) is 22.7 Å². The number of halogens is 1. The normalized spacial score (nSPS) is 10.6. The van der Waals surface area contributed by atoms with Crippen molar-refractivity contribution < 1.29 is 14.3 Å². The van der Waals surface area contributed by atoms with Gasteiger partial charge in [-0.2, -0.15) is 0 Å². The molecule has 0 unspecified atom stereocenters. The zero-order chi connectivity index (χ0) is 18.9. The average Bonchev–Trinajstić information content (AvgIpc) is 2.63. The molecular formula is C20H23ClN2O3. The number of rotatable bonds is 8. The first-order valence-electron chi connectivity index (χ1n) is 8.44. The molecule has 0 aromatic heterocycles. The summed E-state index contributed by atoms with van der Waals surface area (Å²) in [5.74, 6) is -0.646. The molecule has 2 rings (SSSR count). The Labute approximate surface area is 158 Å². The van der Waals surface area contributed by atoms with Crippen molar-refractivity contribution in [2.24, 2.45) is 0 Å². The lowest BCUT2D eigenvalue weighted by molar-refractivity contribution is -0.120. The maximum absolute atomic E-state index is 12.0. The minimum Gasteiger partial charge on any atom is -0.374 e. The number of ether oxygens (including phenoxy) is 1. The van der Waals surface area contributed by atoms with Crippen molar-refractivity contribution in [1.29, 1.82) is 0 Å². The number of nitrogens with one attached hydrogen (secondary N) is 2. The van der Waals surface area contributed by atoms with Crippen molar-refractivity contribution in [1.82, 2.24) is 10.6 Å². The van der Waals surface area contributed by atoms with Gasteiger partial charge in [-0.1, -0.05) is 48.0 Å². The van der Waals surface area contributed by atoms with Crippen LogP contribution in [0.1, 0.15) is 35.3 Å². The predicted octanol–water partition coefficient (Wildman–Crippen LogP) is 3.31. The standard InChI is InChI=1S/C20H23ClN2O3/c1-14(2)26-13-16-7-5-6-15(10-16)11-22-19(24)12-23-20(25)17-8-3-4-9-18(17)21/h3-10,14H,11-13H2,1-2H3,(H,22,24)(H,23,25). The van der Waals surface area contributed by atoms with E-state index in [2.05, 4.69) is 10.6 Å². The monoisotopic (exact) mass is 374 g/mol. The number of hydrogen-bond donors (Lipinski definition) is 2. The molecule has 0 fully saturated rings. The third-order valence-electron chi connectivity index (χ3n) is 3.59. The molecule has 0 aliphatic carbocycles. The summed E-state index contributed by atoms with van der Waals surface area (Å²) in [5, 5.41) is 5.70. The summed E-state index contributed by atoms with van der Waals surface area (Å²) in [6, 6.07) is 14.5. The Morgan fingerprint density at radius 1 is 1.04 bits per heavy atom. The number of benzene rings is 2. The molecule has 2 N–H and O–H groups in total. The molecule has 6 heteroatoms. The van der Waals surface area contributed by atoms with E-state index in [-0.39, 0.29) is 24.5 Å². The van der Waals surface area contributed by atoms with Crippen molar-refractivity contribution in [3.05, 3.63) is 70.2 Å². The minimum absolute atomic E-state index is 0.111. The lowest BCUT2D eigenvalue weighted by Crippen LogP contribution is -2.36. The van der Waals surface area contributed by atoms with Gasteiger partial charge in [0.2, 0.25) is 5.91 Å². The summed E-state index contributed by atoms with van der Waals surface area (Å²) in [5.41, 5.74) is 2.37. The number of amides is 2. The van der Waals surface area contributed by atoms with Crippen molar-refractivity contribution in [3.63, 3.8) is 0 Å². The van der Waals surface area contributed by atoms with Crippen LogP contribution in [0.5, 0.6) is 0 Å². The first-order chi connectivity index (χ1) is 12.5. The summed E-state index contributed by atoms with van der Waals surface area (Å²) in [7, 11) is 0. The smallest absolute Gasteiger partial charge is 0.253 e. The molecule has 138 valence electrons. The molecule has 26 heavy (non-hydrogen) atoms. The Hall–Kier alpha value is -2.37. The molecule has 0 saturated carbocycles. The van der Waals surface area contributed by atoms with E-state index < -0.39 is 0 Å². The number of carbonyl (C=O) groups excluding carboxylic acids is 2. The van der Waals surface area contributed by atoms with Crippen LogP contribution in [0.4, 0.5) is 0 Å². The third kappa shape index (κ3) is 6.50. The van der Waals surface area contributed by atoms with E-state index >= 15 is 0 Å². The highest BCUT2D eigenvalue weighted by Crippen LogP contribution is 2.14. The molecule has 0 aliphatic rings. The van der Waals surface area contributed by atoms with Gasteiger partial charge in [0.05, 0.1) is 29.8 Å². The fraction of sp³-hybridized carbons (Fsp3) is 0.300. The first kappa shape index (κ1) is 19.9. The van der Waals surface area contributed by atoms with E-state index in [0.29, 0.717) is 23.7 Å². The maximum Gasteiger partial charge on any atom is 0.253 e. The Bertz CT molecular complexity index is 762. The topological polar surface area (TPSA) is 67.4 Å². The second-order valence-electron chi connectivity index (χ2n) is 6.12. The minimum atomic E-state index is -0.376. The van der Waals surface area contributed by atoms with Crippen molar-refractivity contribution in [3.8, 4) is 0 Å². The third-order valence-corrected chi connectivity index (χ3v) is 3.92. The van der Waals surface area contributed by atoms with Crippen LogP contribution in [-0.4, -0.2) is 24.5 Å². The van der Waals surface area contributed by atoms with Gasteiger partial charge in [-0.25, -0.2) is 0 Å². The Balaban J connectivity index is 1.79. The molecular weight excluding hydrogens is 352 g/mol. The van der Waals surface area contributed by atoms with Crippen LogP contribution in [0, 0.1) is 0 Å². The second kappa shape index (κ2) is 9.94. The van der Waals surface area contributed by atoms with E-state index in [9.17, 15) is 9.59 Å². The van der Waals surface area contributed by atoms with Crippen molar-refractivity contribution in [2.75, 3.05) is 6.54 Å². The average molecular weight is 375 g/mol. The summed E-state index contributed by atoms with van der Waals surface area (Å²) in [6.07, 6.45) is 0.167. The van der Waals surface area contributed by atoms with Crippen LogP contribution in [0.3, 0.4) is 0 Å². The summed E-state index contributed by atoms with van der Waals surface area (Å²) in [4.78, 5) is 24.0. The molecule has 0 atom stereocenters. The summed E-state index contributed by atoms with van der Waals surface area (Å²) < 4.78 is 5.58. The van der Waals surface area contributed by atoms with Gasteiger partial charge < -0.3 is 15.4 Å². The fourth-order valence-electron chi connectivity index (χ4n) is 2.26. The lowest BCUT2D eigenvalue weighted by Gasteiger charge is -2.10. The van der Waals surface area contributed by atoms with Gasteiger partial charge >= 0.3 is 0 Å². The summed E-state index contributed by atoms with van der Waals surface area (Å²) in [6.45, 7) is 4.78. The Kier molecular flexibility index (Phi) is 7.63. The number of carbonyl (C=O) groups is 2. The molecule has 0 radical (unpaired) electrons. The molecule has 5 nitrogen and oxygen atoms in total. The van der Waals surface area contributed by atoms with Crippen LogP contribution < -0.4 is 10.6 Å². The zero-order valence-corrected chi connectivity index (χ0v) is 15.7. The van der Waals surface area contributed by atoms with E-state index in [0.717, 1.165) is 11.1 Å². The molecule has 2 aromatic rings. The van der Waals surface area contributed by atoms with Crippen molar-refractivity contribution >= 4 is 23.4 Å². The fourth-order valence-corrected chi connectivity index (χ4v) is 2.48.